The molecule has 0 amide bonds. The van der Waals surface area contributed by atoms with Gasteiger partial charge in [-0.15, -0.1) is 0 Å². The molecule has 0 radical (unpaired) electrons. The van der Waals surface area contributed by atoms with E-state index in [1.807, 2.05) is 0 Å². The molecule has 0 N–H and O–H groups in total. The average Bonchev–Trinajstić information content (AvgIpc) is 2.10. The molecule has 0 atom stereocenters. The van der Waals surface area contributed by atoms with Crippen LogP contribution in [0.2, 0.25) is 0 Å². The predicted octanol–water partition coefficient (Wildman–Crippen LogP) is 0.863. The minimum atomic E-state index is 1.33. The Morgan fingerprint density at radius 3 is 0.700 bits per heavy atom. The van der Waals surface area contributed by atoms with E-state index in [1.165, 1.54) is 47.3 Å². The molecule has 2 heteroatoms. The molecule has 53 valence electrons. The molecular formula is C8H8MnO. The molecule has 0 unspecified atom stereocenters. The van der Waals surface area contributed by atoms with Crippen LogP contribution in [0.25, 0.3) is 0 Å². The van der Waals surface area contributed by atoms with Crippen LogP contribution in [-0.4, -0.2) is 0 Å². The molecule has 0 aromatic carbocycles. The molecular weight excluding hydrogens is 167 g/mol. The van der Waals surface area contributed by atoms with Crippen molar-refractivity contribution in [1.82, 2.24) is 0 Å². The van der Waals surface area contributed by atoms with Crippen LogP contribution >= 0.6 is 0 Å². The Morgan fingerprint density at radius 1 is 0.500 bits per heavy atom. The van der Waals surface area contributed by atoms with Gasteiger partial charge >= 0.3 is 19.8 Å². The maximum absolute atomic E-state index is 8.06. The van der Waals surface area contributed by atoms with Gasteiger partial charge < -0.3 is 0 Å². The van der Waals surface area contributed by atoms with Gasteiger partial charge in [0.15, 0.2) is 0 Å². The summed E-state index contributed by atoms with van der Waals surface area (Å²) in [6.45, 7) is 0. The van der Waals surface area contributed by atoms with E-state index in [1.54, 1.807) is 15.9 Å². The van der Waals surface area contributed by atoms with Crippen molar-refractivity contribution in [2.24, 2.45) is 47.3 Å². The molecule has 10 heavy (non-hydrogen) atoms. The zero-order valence-corrected chi connectivity index (χ0v) is 6.59. The first-order valence-corrected chi connectivity index (χ1v) is 4.64. The summed E-state index contributed by atoms with van der Waals surface area (Å²) >= 11 is 1.69. The summed E-state index contributed by atoms with van der Waals surface area (Å²) in [7, 11) is 0. The molecule has 0 saturated heterocycles. The Labute approximate surface area is 67.6 Å². The first kappa shape index (κ1) is 5.05. The van der Waals surface area contributed by atoms with Crippen LogP contribution in [0, 0.1) is 47.3 Å². The molecule has 6 saturated carbocycles. The standard InChI is InChI=1S/C8H8.Mn.O/c1-2-5-3(1)7-4(1)6(2)8(5)7;;/h1-8H;;. The summed E-state index contributed by atoms with van der Waals surface area (Å²) < 4.78 is 8.06. The topological polar surface area (TPSA) is 17.1 Å². The van der Waals surface area contributed by atoms with Crippen molar-refractivity contribution in [2.75, 3.05) is 0 Å². The molecule has 0 aromatic rings. The summed E-state index contributed by atoms with van der Waals surface area (Å²) in [5.41, 5.74) is 0. The van der Waals surface area contributed by atoms with Gasteiger partial charge in [-0.3, -0.25) is 0 Å². The molecule has 0 spiro atoms. The van der Waals surface area contributed by atoms with E-state index in [0.29, 0.717) is 0 Å². The molecule has 1 nitrogen and oxygen atoms in total. The van der Waals surface area contributed by atoms with E-state index in [9.17, 15) is 0 Å². The normalized spacial score (nSPS) is 86.8. The van der Waals surface area contributed by atoms with Crippen LogP contribution < -0.4 is 0 Å². The summed E-state index contributed by atoms with van der Waals surface area (Å²) in [5.74, 6) is 10.7. The van der Waals surface area contributed by atoms with Gasteiger partial charge in [-0.05, 0) is 47.3 Å². The van der Waals surface area contributed by atoms with Gasteiger partial charge in [0, 0.05) is 0 Å². The predicted molar refractivity (Wildman–Crippen MR) is 28.6 cm³/mol. The van der Waals surface area contributed by atoms with Crippen molar-refractivity contribution in [3.63, 3.8) is 0 Å². The fraction of sp³-hybridized carbons (Fsp3) is 1.00. The van der Waals surface area contributed by atoms with Crippen molar-refractivity contribution < 1.29 is 19.8 Å². The zero-order chi connectivity index (χ0) is 6.62. The van der Waals surface area contributed by atoms with Gasteiger partial charge in [0.25, 0.3) is 0 Å². The number of rotatable bonds is 0. The van der Waals surface area contributed by atoms with Crippen LogP contribution in [0.5, 0.6) is 0 Å². The summed E-state index contributed by atoms with van der Waals surface area (Å²) in [5, 5.41) is 0. The van der Waals surface area contributed by atoms with Gasteiger partial charge in [-0.25, -0.2) is 0 Å². The van der Waals surface area contributed by atoms with Crippen molar-refractivity contribution in [2.45, 2.75) is 0 Å². The molecule has 0 aromatic heterocycles. The Balaban J connectivity index is 0.000000159. The number of hydrogen-bond acceptors (Lipinski definition) is 1. The zero-order valence-electron chi connectivity index (χ0n) is 5.41. The Kier molecular flexibility index (Phi) is 0.551. The molecule has 0 aliphatic heterocycles. The Hall–Kier alpha value is 0.319. The van der Waals surface area contributed by atoms with Crippen LogP contribution in [0.15, 0.2) is 0 Å². The molecule has 6 fully saturated rings. The first-order chi connectivity index (χ1) is 5.00. The van der Waals surface area contributed by atoms with Crippen LogP contribution in [0.1, 0.15) is 0 Å². The Bertz CT molecular complexity index is 131. The third-order valence-corrected chi connectivity index (χ3v) is 5.33. The Morgan fingerprint density at radius 2 is 0.600 bits per heavy atom. The van der Waals surface area contributed by atoms with Gasteiger partial charge in [-0.2, -0.15) is 0 Å². The van der Waals surface area contributed by atoms with Crippen molar-refractivity contribution in [3.05, 3.63) is 0 Å². The quantitative estimate of drug-likeness (QED) is 0.499. The third kappa shape index (κ3) is 0.191. The monoisotopic (exact) mass is 175 g/mol. The summed E-state index contributed by atoms with van der Waals surface area (Å²) in [4.78, 5) is 0. The van der Waals surface area contributed by atoms with E-state index in [-0.39, 0.29) is 0 Å². The third-order valence-electron chi connectivity index (χ3n) is 5.33. The molecule has 0 bridgehead atoms. The fourth-order valence-electron chi connectivity index (χ4n) is 5.29. The second kappa shape index (κ2) is 1.09. The van der Waals surface area contributed by atoms with E-state index in [2.05, 4.69) is 0 Å². The van der Waals surface area contributed by atoms with Crippen molar-refractivity contribution >= 4 is 0 Å². The molecule has 6 aliphatic carbocycles. The van der Waals surface area contributed by atoms with Crippen molar-refractivity contribution in [3.8, 4) is 0 Å². The maximum atomic E-state index is 8.06. The minimum absolute atomic E-state index is 1.33. The second-order valence-corrected chi connectivity index (χ2v) is 4.62. The summed E-state index contributed by atoms with van der Waals surface area (Å²) in [6.07, 6.45) is 0. The number of hydrogen-bond donors (Lipinski definition) is 0. The first-order valence-electron chi connectivity index (χ1n) is 4.15. The van der Waals surface area contributed by atoms with Crippen molar-refractivity contribution in [1.29, 1.82) is 0 Å². The SMILES string of the molecule is C12C3C4C1C1C2C3C41.[O]=[Mn]. The molecule has 6 aliphatic rings. The summed E-state index contributed by atoms with van der Waals surface area (Å²) in [6, 6.07) is 0. The van der Waals surface area contributed by atoms with E-state index < -0.39 is 0 Å². The van der Waals surface area contributed by atoms with E-state index in [4.69, 9.17) is 3.83 Å². The second-order valence-electron chi connectivity index (χ2n) is 4.62. The fourth-order valence-corrected chi connectivity index (χ4v) is 5.29. The van der Waals surface area contributed by atoms with Crippen LogP contribution in [0.4, 0.5) is 0 Å². The van der Waals surface area contributed by atoms with Crippen LogP contribution in [0.3, 0.4) is 0 Å². The van der Waals surface area contributed by atoms with Gasteiger partial charge in [0.1, 0.15) is 0 Å². The molecule has 0 heterocycles. The van der Waals surface area contributed by atoms with Gasteiger partial charge in [0.05, 0.1) is 0 Å². The van der Waals surface area contributed by atoms with Gasteiger partial charge in [-0.1, -0.05) is 0 Å². The van der Waals surface area contributed by atoms with E-state index in [0.717, 1.165) is 0 Å². The molecule has 6 rings (SSSR count). The van der Waals surface area contributed by atoms with E-state index >= 15 is 0 Å². The van der Waals surface area contributed by atoms with Gasteiger partial charge in [0.2, 0.25) is 0 Å². The van der Waals surface area contributed by atoms with Crippen LogP contribution in [-0.2, 0) is 19.8 Å². The average molecular weight is 175 g/mol.